The maximum Gasteiger partial charge on any atom is 0.247 e. The average Bonchev–Trinajstić information content (AvgIpc) is 3.37. The van der Waals surface area contributed by atoms with Crippen molar-refractivity contribution >= 4 is 47.1 Å². The Morgan fingerprint density at radius 2 is 1.45 bits per heavy atom. The molecular weight excluding hydrogens is 1010 g/mol. The van der Waals surface area contributed by atoms with Crippen LogP contribution in [0.2, 0.25) is 0 Å². The largest absolute Gasteiger partial charge is 0.508 e. The average molecular weight is 1100 g/mol. The monoisotopic (exact) mass is 1100 g/mol. The van der Waals surface area contributed by atoms with Gasteiger partial charge < -0.3 is 87.2 Å². The summed E-state index contributed by atoms with van der Waals surface area (Å²) in [6, 6.07) is -6.68. The molecule has 1 aromatic carbocycles. The van der Waals surface area contributed by atoms with Crippen molar-refractivity contribution in [2.45, 2.75) is 194 Å². The minimum absolute atomic E-state index is 0.0709. The Kier molecular flexibility index (Phi) is 25.6. The van der Waals surface area contributed by atoms with Gasteiger partial charge in [-0.15, -0.1) is 0 Å². The van der Waals surface area contributed by atoms with Crippen LogP contribution in [0.3, 0.4) is 0 Å². The molecule has 0 spiro atoms. The van der Waals surface area contributed by atoms with Crippen molar-refractivity contribution in [3.05, 3.63) is 23.3 Å². The molecule has 0 aliphatic carbocycles. The molecule has 2 fully saturated rings. The first-order chi connectivity index (χ1) is 36.0. The van der Waals surface area contributed by atoms with E-state index < -0.39 is 181 Å². The highest BCUT2D eigenvalue weighted by molar-refractivity contribution is 6.01. The fraction of sp³-hybridized carbons (Fsp3) is 0.731. The third-order valence-corrected chi connectivity index (χ3v) is 14.7. The second kappa shape index (κ2) is 30.0. The lowest BCUT2D eigenvalue weighted by Crippen LogP contribution is -2.62. The summed E-state index contributed by atoms with van der Waals surface area (Å²) < 4.78 is 16.9. The molecule has 14 N–H and O–H groups in total. The summed E-state index contributed by atoms with van der Waals surface area (Å²) in [5.41, 5.74) is -0.0326. The maximum atomic E-state index is 14.2. The van der Waals surface area contributed by atoms with Crippen LogP contribution in [0.15, 0.2) is 12.1 Å². The number of amides is 7. The van der Waals surface area contributed by atoms with Crippen molar-refractivity contribution in [1.29, 1.82) is 0 Å². The quantitative estimate of drug-likeness (QED) is 0.0523. The molecule has 7 amide bonds. The fourth-order valence-corrected chi connectivity index (χ4v) is 9.60. The van der Waals surface area contributed by atoms with Crippen LogP contribution in [-0.4, -0.2) is 182 Å². The molecule has 0 bridgehead atoms. The number of aliphatic hydroxyl groups is 5. The number of benzene rings is 1. The lowest BCUT2D eigenvalue weighted by Gasteiger charge is -2.43. The Labute approximate surface area is 449 Å². The molecular formula is C52H85N7O18. The predicted octanol–water partition coefficient (Wildman–Crippen LogP) is -1.52. The third-order valence-electron chi connectivity index (χ3n) is 14.7. The van der Waals surface area contributed by atoms with Gasteiger partial charge in [-0.05, 0) is 82.4 Å². The first kappa shape index (κ1) is 65.7. The van der Waals surface area contributed by atoms with Crippen LogP contribution in [0.25, 0.3) is 0 Å². The normalized spacial score (nSPS) is 27.5. The predicted molar refractivity (Wildman–Crippen MR) is 276 cm³/mol. The lowest BCUT2D eigenvalue weighted by molar-refractivity contribution is -0.319. The van der Waals surface area contributed by atoms with Crippen LogP contribution < -0.4 is 37.2 Å². The molecule has 25 heteroatoms. The van der Waals surface area contributed by atoms with E-state index in [-0.39, 0.29) is 23.0 Å². The number of rotatable bonds is 24. The Hall–Kier alpha value is -5.54. The van der Waals surface area contributed by atoms with E-state index in [0.717, 1.165) is 12.1 Å². The zero-order valence-corrected chi connectivity index (χ0v) is 46.2. The number of hydrogen-bond acceptors (Lipinski definition) is 18. The number of phenolic OH excluding ortho intramolecular Hbond substituents is 2. The van der Waals surface area contributed by atoms with Gasteiger partial charge in [-0.25, -0.2) is 0 Å². The summed E-state index contributed by atoms with van der Waals surface area (Å²) in [6.45, 7) is 16.5. The van der Waals surface area contributed by atoms with Gasteiger partial charge in [-0.1, -0.05) is 54.9 Å². The van der Waals surface area contributed by atoms with E-state index in [1.807, 2.05) is 20.8 Å². The number of carbonyl (C=O) groups is 8. The number of aromatic hydroxyl groups is 2. The molecule has 77 heavy (non-hydrogen) atoms. The Balaban J connectivity index is 1.66. The summed E-state index contributed by atoms with van der Waals surface area (Å²) in [5, 5.41) is 91.4. The molecule has 436 valence electrons. The van der Waals surface area contributed by atoms with Crippen molar-refractivity contribution < 1.29 is 88.3 Å². The number of methoxy groups -OCH3 is 1. The first-order valence-electron chi connectivity index (χ1n) is 26.3. The van der Waals surface area contributed by atoms with Crippen LogP contribution >= 0.6 is 0 Å². The van der Waals surface area contributed by atoms with Crippen molar-refractivity contribution in [1.82, 2.24) is 37.2 Å². The lowest BCUT2D eigenvalue weighted by atomic mass is 9.81. The summed E-state index contributed by atoms with van der Waals surface area (Å²) in [5.74, 6) is -9.75. The number of aliphatic hydroxyl groups excluding tert-OH is 5. The number of ether oxygens (including phenoxy) is 3. The highest BCUT2D eigenvalue weighted by atomic mass is 16.7. The summed E-state index contributed by atoms with van der Waals surface area (Å²) in [7, 11) is 1.32. The smallest absolute Gasteiger partial charge is 0.247 e. The molecule has 19 atom stereocenters. The van der Waals surface area contributed by atoms with Crippen molar-refractivity contribution in [3.8, 4) is 11.5 Å². The minimum Gasteiger partial charge on any atom is -0.508 e. The molecule has 0 radical (unpaired) electrons. The standard InChI is InChI=1S/C52H85N7O18/c1-13-23(4)39-48(71)53-20-38(66)54-28(9)40(49(72)59-42(51(74)57-39)31-17-33(63)26(7)34(64)18-31)58-47(70)29(10)55-50(73)41(30(11)61)56-37(65)19-32(62)24(5)15-22(3)16-25(6)43(67)27(8)35(14-2)76-52-45(69)44(68)46(75-12)36(21-60)77-52/h17-18,22-25,27-30,35-36,39-46,52,60-61,63-64,67-69H,13-16,19-21H2,1-12H3,(H,53,71)(H,54,66)(H,55,73)(H,56,65)(H,57,74)(H,58,70)(H,59,72)/t22-,23+,24+,25-,27+,28-,29+,30-,35+,36-,39+,40-,41-,42+,43+,44-,45-,46-,52-/m1/s1. The van der Waals surface area contributed by atoms with Crippen LogP contribution in [0.5, 0.6) is 11.5 Å². The van der Waals surface area contributed by atoms with Gasteiger partial charge in [0.1, 0.15) is 71.9 Å². The number of ketones is 1. The molecule has 2 saturated heterocycles. The molecule has 3 rings (SSSR count). The second-order valence-electron chi connectivity index (χ2n) is 21.0. The van der Waals surface area contributed by atoms with E-state index in [1.165, 1.54) is 34.8 Å². The topological polar surface area (TPSA) is 390 Å². The SMILES string of the molecule is CC[C@H](O[C@@H]1O[C@H](CO)[C@@H](OC)[C@H](O)[C@H]1O)[C@H](C)[C@@H](O)[C@H](C)C[C@H](C)C[C@H](C)C(=O)CC(=O)N[C@@H](C(=O)N[C@@H](C)C(=O)N[C@H]1C(=O)N[C@@H](c2cc(O)c(C)c(O)c2)C(=O)N[C@@H]([C@@H](C)CC)C(=O)NCC(=O)N[C@@H]1C)[C@@H](C)O. The molecule has 1 aromatic rings. The first-order valence-corrected chi connectivity index (χ1v) is 26.3. The number of nitrogens with one attached hydrogen (secondary N) is 7. The van der Waals surface area contributed by atoms with Gasteiger partial charge >= 0.3 is 0 Å². The van der Waals surface area contributed by atoms with E-state index in [4.69, 9.17) is 14.2 Å². The Morgan fingerprint density at radius 3 is 2.01 bits per heavy atom. The molecule has 2 heterocycles. The van der Waals surface area contributed by atoms with Gasteiger partial charge in [0.25, 0.3) is 0 Å². The van der Waals surface area contributed by atoms with Crippen LogP contribution in [0.4, 0.5) is 0 Å². The van der Waals surface area contributed by atoms with E-state index in [0.29, 0.717) is 25.7 Å². The maximum absolute atomic E-state index is 14.2. The van der Waals surface area contributed by atoms with E-state index in [2.05, 4.69) is 37.2 Å². The van der Waals surface area contributed by atoms with E-state index in [9.17, 15) is 74.1 Å². The summed E-state index contributed by atoms with van der Waals surface area (Å²) in [4.78, 5) is 108. The molecule has 2 aliphatic heterocycles. The zero-order chi connectivity index (χ0) is 58.3. The molecule has 0 saturated carbocycles. The van der Waals surface area contributed by atoms with Gasteiger partial charge in [0.15, 0.2) is 6.29 Å². The minimum atomic E-state index is -1.68. The van der Waals surface area contributed by atoms with Gasteiger partial charge in [0, 0.05) is 24.5 Å². The second-order valence-corrected chi connectivity index (χ2v) is 21.0. The highest BCUT2D eigenvalue weighted by Gasteiger charge is 2.47. The van der Waals surface area contributed by atoms with Crippen LogP contribution in [0.1, 0.15) is 119 Å². The molecule has 0 aromatic heterocycles. The summed E-state index contributed by atoms with van der Waals surface area (Å²) in [6.07, 6.45) is -8.24. The Bertz CT molecular complexity index is 2180. The van der Waals surface area contributed by atoms with Gasteiger partial charge in [0.05, 0.1) is 43.9 Å². The van der Waals surface area contributed by atoms with Crippen LogP contribution in [0, 0.1) is 36.5 Å². The molecule has 25 nitrogen and oxygen atoms in total. The highest BCUT2D eigenvalue weighted by Crippen LogP contribution is 2.33. The number of carbonyl (C=O) groups excluding carboxylic acids is 8. The van der Waals surface area contributed by atoms with Crippen molar-refractivity contribution in [3.63, 3.8) is 0 Å². The third kappa shape index (κ3) is 18.0. The van der Waals surface area contributed by atoms with Crippen LogP contribution in [-0.2, 0) is 52.6 Å². The van der Waals surface area contributed by atoms with Crippen molar-refractivity contribution in [2.75, 3.05) is 20.3 Å². The zero-order valence-electron chi connectivity index (χ0n) is 46.2. The Morgan fingerprint density at radius 1 is 0.831 bits per heavy atom. The van der Waals surface area contributed by atoms with Gasteiger partial charge in [-0.2, -0.15) is 0 Å². The number of Topliss-reactive ketones (excluding diaryl/α,β-unsaturated/α-hetero) is 1. The molecule has 2 aliphatic rings. The van der Waals surface area contributed by atoms with Crippen molar-refractivity contribution in [2.24, 2.45) is 29.6 Å². The van der Waals surface area contributed by atoms with E-state index in [1.54, 1.807) is 27.7 Å². The number of phenols is 2. The van der Waals surface area contributed by atoms with E-state index >= 15 is 0 Å². The van der Waals surface area contributed by atoms with Gasteiger partial charge in [-0.3, -0.25) is 38.4 Å². The number of hydrogen-bond donors (Lipinski definition) is 14. The molecule has 0 unspecified atom stereocenters. The fourth-order valence-electron chi connectivity index (χ4n) is 9.60. The van der Waals surface area contributed by atoms with Gasteiger partial charge in [0.2, 0.25) is 41.4 Å². The summed E-state index contributed by atoms with van der Waals surface area (Å²) >= 11 is 0.